The average molecular weight is 374 g/mol. The zero-order valence-corrected chi connectivity index (χ0v) is 14.3. The minimum atomic E-state index is -0.0435. The van der Waals surface area contributed by atoms with Crippen molar-refractivity contribution in [2.45, 2.75) is 18.9 Å². The molecule has 0 bridgehead atoms. The topological polar surface area (TPSA) is 40.0 Å². The van der Waals surface area contributed by atoms with E-state index in [0.29, 0.717) is 6.61 Å². The van der Waals surface area contributed by atoms with Gasteiger partial charge in [0.15, 0.2) is 17.6 Å². The average Bonchev–Trinajstić information content (AvgIpc) is 3.23. The predicted octanol–water partition coefficient (Wildman–Crippen LogP) is 4.26. The Hall–Kier alpha value is -2.01. The number of rotatable bonds is 3. The minimum absolute atomic E-state index is 0.0435. The van der Waals surface area contributed by atoms with Crippen LogP contribution in [0.1, 0.15) is 29.2 Å². The molecule has 0 N–H and O–H groups in total. The third kappa shape index (κ3) is 2.70. The quantitative estimate of drug-likeness (QED) is 0.806. The molecule has 2 aliphatic rings. The van der Waals surface area contributed by atoms with Crippen LogP contribution in [-0.4, -0.2) is 19.4 Å². The summed E-state index contributed by atoms with van der Waals surface area (Å²) < 4.78 is 12.1. The van der Waals surface area contributed by atoms with Gasteiger partial charge >= 0.3 is 0 Å². The second-order valence-electron chi connectivity index (χ2n) is 5.66. The van der Waals surface area contributed by atoms with Crippen LogP contribution < -0.4 is 9.47 Å². The Kier molecular flexibility index (Phi) is 3.73. The van der Waals surface area contributed by atoms with Gasteiger partial charge in [0.05, 0.1) is 19.4 Å². The second kappa shape index (κ2) is 5.89. The van der Waals surface area contributed by atoms with Crippen molar-refractivity contribution in [3.63, 3.8) is 0 Å². The van der Waals surface area contributed by atoms with Gasteiger partial charge in [-0.25, -0.2) is 0 Å². The summed E-state index contributed by atoms with van der Waals surface area (Å²) in [7, 11) is 1.67. The summed E-state index contributed by atoms with van der Waals surface area (Å²) in [6, 6.07) is 12.3. The zero-order valence-electron chi connectivity index (χ0n) is 12.7. The van der Waals surface area contributed by atoms with E-state index in [0.717, 1.165) is 45.7 Å². The van der Waals surface area contributed by atoms with Crippen molar-refractivity contribution in [2.75, 3.05) is 13.7 Å². The molecule has 2 aliphatic heterocycles. The van der Waals surface area contributed by atoms with Crippen LogP contribution in [0.3, 0.4) is 0 Å². The van der Waals surface area contributed by atoms with Gasteiger partial charge in [-0.05, 0) is 29.8 Å². The summed E-state index contributed by atoms with van der Waals surface area (Å²) >= 11 is 3.50. The van der Waals surface area contributed by atoms with E-state index in [1.54, 1.807) is 7.11 Å². The summed E-state index contributed by atoms with van der Waals surface area (Å²) in [5.74, 6) is 1.63. The molecule has 4 rings (SSSR count). The number of methoxy groups -OCH3 is 1. The van der Waals surface area contributed by atoms with Crippen LogP contribution in [0.5, 0.6) is 11.5 Å². The second-order valence-corrected chi connectivity index (χ2v) is 6.57. The Morgan fingerprint density at radius 1 is 1.26 bits per heavy atom. The Balaban J connectivity index is 1.61. The molecule has 0 saturated heterocycles. The van der Waals surface area contributed by atoms with E-state index in [9.17, 15) is 0 Å². The van der Waals surface area contributed by atoms with Crippen molar-refractivity contribution in [3.05, 3.63) is 57.6 Å². The number of hydrogen-bond donors (Lipinski definition) is 0. The molecule has 0 aromatic heterocycles. The highest BCUT2D eigenvalue weighted by Crippen LogP contribution is 2.39. The summed E-state index contributed by atoms with van der Waals surface area (Å²) in [6.07, 6.45) is 1.61. The number of benzene rings is 2. The Morgan fingerprint density at radius 3 is 3.00 bits per heavy atom. The molecule has 0 saturated carbocycles. The maximum absolute atomic E-state index is 5.65. The van der Waals surface area contributed by atoms with E-state index in [1.165, 1.54) is 5.56 Å². The Bertz CT molecular complexity index is 788. The fraction of sp³-hybridized carbons (Fsp3) is 0.278. The molecule has 0 radical (unpaired) electrons. The molecule has 1 atom stereocenters. The summed E-state index contributed by atoms with van der Waals surface area (Å²) in [5.41, 5.74) is 4.29. The maximum atomic E-state index is 5.65. The predicted molar refractivity (Wildman–Crippen MR) is 91.3 cm³/mol. The van der Waals surface area contributed by atoms with Crippen LogP contribution >= 0.6 is 15.9 Å². The van der Waals surface area contributed by atoms with E-state index >= 15 is 0 Å². The standard InChI is InChI=1S/C18H16BrNO3/c1-21-17-9-13(7-12-5-6-22-18(12)17)15-10-16(23-20-15)11-3-2-4-14(19)8-11/h2-4,7-9,16H,5-6,10H2,1H3. The molecule has 0 fully saturated rings. The molecule has 2 heterocycles. The van der Waals surface area contributed by atoms with Crippen LogP contribution in [0.2, 0.25) is 0 Å². The molecule has 4 nitrogen and oxygen atoms in total. The van der Waals surface area contributed by atoms with Gasteiger partial charge in [0.25, 0.3) is 0 Å². The van der Waals surface area contributed by atoms with Crippen molar-refractivity contribution < 1.29 is 14.3 Å². The lowest BCUT2D eigenvalue weighted by atomic mass is 9.98. The maximum Gasteiger partial charge on any atom is 0.164 e. The van der Waals surface area contributed by atoms with Gasteiger partial charge in [-0.1, -0.05) is 33.2 Å². The fourth-order valence-corrected chi connectivity index (χ4v) is 3.44. The lowest BCUT2D eigenvalue weighted by molar-refractivity contribution is 0.0857. The number of fused-ring (bicyclic) bond motifs is 1. The largest absolute Gasteiger partial charge is 0.493 e. The molecule has 2 aromatic rings. The summed E-state index contributed by atoms with van der Waals surface area (Å²) in [5, 5.41) is 4.30. The first-order chi connectivity index (χ1) is 11.2. The minimum Gasteiger partial charge on any atom is -0.493 e. The van der Waals surface area contributed by atoms with Crippen molar-refractivity contribution in [1.29, 1.82) is 0 Å². The number of hydrogen-bond acceptors (Lipinski definition) is 4. The van der Waals surface area contributed by atoms with Gasteiger partial charge in [-0.3, -0.25) is 0 Å². The third-order valence-corrected chi connectivity index (χ3v) is 4.69. The van der Waals surface area contributed by atoms with E-state index in [4.69, 9.17) is 14.3 Å². The summed E-state index contributed by atoms with van der Waals surface area (Å²) in [4.78, 5) is 5.65. The van der Waals surface area contributed by atoms with Crippen LogP contribution in [0.25, 0.3) is 0 Å². The van der Waals surface area contributed by atoms with Crippen molar-refractivity contribution in [3.8, 4) is 11.5 Å². The van der Waals surface area contributed by atoms with Crippen LogP contribution in [0.15, 0.2) is 46.0 Å². The van der Waals surface area contributed by atoms with Crippen molar-refractivity contribution in [2.24, 2.45) is 5.16 Å². The van der Waals surface area contributed by atoms with Gasteiger partial charge < -0.3 is 14.3 Å². The number of oxime groups is 1. The van der Waals surface area contributed by atoms with Gasteiger partial charge in [0.1, 0.15) is 0 Å². The van der Waals surface area contributed by atoms with Gasteiger partial charge in [0, 0.05) is 28.4 Å². The molecule has 1 unspecified atom stereocenters. The first-order valence-corrected chi connectivity index (χ1v) is 8.36. The molecular formula is C18H16BrNO3. The molecule has 5 heteroatoms. The Morgan fingerprint density at radius 2 is 2.17 bits per heavy atom. The van der Waals surface area contributed by atoms with Crippen molar-refractivity contribution >= 4 is 21.6 Å². The number of nitrogens with zero attached hydrogens (tertiary/aromatic N) is 1. The fourth-order valence-electron chi connectivity index (χ4n) is 3.02. The number of ether oxygens (including phenoxy) is 2. The smallest absolute Gasteiger partial charge is 0.164 e. The SMILES string of the molecule is COc1cc(C2=NOC(c3cccc(Br)c3)C2)cc2c1OCC2. The molecule has 23 heavy (non-hydrogen) atoms. The summed E-state index contributed by atoms with van der Waals surface area (Å²) in [6.45, 7) is 0.707. The highest BCUT2D eigenvalue weighted by atomic mass is 79.9. The molecule has 118 valence electrons. The number of halogens is 1. The molecule has 0 aliphatic carbocycles. The molecule has 0 amide bonds. The first kappa shape index (κ1) is 14.6. The molecule has 2 aromatic carbocycles. The normalized spacial score (nSPS) is 18.9. The van der Waals surface area contributed by atoms with E-state index in [-0.39, 0.29) is 6.10 Å². The van der Waals surface area contributed by atoms with E-state index in [2.05, 4.69) is 39.3 Å². The van der Waals surface area contributed by atoms with Gasteiger partial charge in [-0.2, -0.15) is 0 Å². The molecule has 0 spiro atoms. The molecular weight excluding hydrogens is 358 g/mol. The lowest BCUT2D eigenvalue weighted by Crippen LogP contribution is -2.03. The lowest BCUT2D eigenvalue weighted by Gasteiger charge is -2.10. The van der Waals surface area contributed by atoms with E-state index < -0.39 is 0 Å². The Labute approximate surface area is 143 Å². The zero-order chi connectivity index (χ0) is 15.8. The van der Waals surface area contributed by atoms with E-state index in [1.807, 2.05) is 18.2 Å². The van der Waals surface area contributed by atoms with Gasteiger partial charge in [-0.15, -0.1) is 0 Å². The monoisotopic (exact) mass is 373 g/mol. The van der Waals surface area contributed by atoms with Crippen LogP contribution in [-0.2, 0) is 11.3 Å². The van der Waals surface area contributed by atoms with Crippen molar-refractivity contribution in [1.82, 2.24) is 0 Å². The highest BCUT2D eigenvalue weighted by molar-refractivity contribution is 9.10. The van der Waals surface area contributed by atoms with Crippen LogP contribution in [0, 0.1) is 0 Å². The van der Waals surface area contributed by atoms with Gasteiger partial charge in [0.2, 0.25) is 0 Å². The van der Waals surface area contributed by atoms with Crippen LogP contribution in [0.4, 0.5) is 0 Å². The highest BCUT2D eigenvalue weighted by Gasteiger charge is 2.26. The first-order valence-electron chi connectivity index (χ1n) is 7.57. The third-order valence-electron chi connectivity index (χ3n) is 4.19.